The van der Waals surface area contributed by atoms with Crippen LogP contribution in [0.15, 0.2) is 46.4 Å². The van der Waals surface area contributed by atoms with Gasteiger partial charge in [-0.2, -0.15) is 5.10 Å². The average Bonchev–Trinajstić information content (AvgIpc) is 3.22. The van der Waals surface area contributed by atoms with Crippen molar-refractivity contribution in [1.82, 2.24) is 15.5 Å². The number of esters is 1. The van der Waals surface area contributed by atoms with E-state index in [1.807, 2.05) is 0 Å². The van der Waals surface area contributed by atoms with Gasteiger partial charge in [-0.3, -0.25) is 10.5 Å². The van der Waals surface area contributed by atoms with Crippen LogP contribution in [0.25, 0.3) is 0 Å². The van der Waals surface area contributed by atoms with E-state index in [0.717, 1.165) is 37.2 Å². The van der Waals surface area contributed by atoms with Crippen molar-refractivity contribution in [2.75, 3.05) is 25.0 Å². The van der Waals surface area contributed by atoms with E-state index >= 15 is 0 Å². The highest BCUT2D eigenvalue weighted by Crippen LogP contribution is 2.45. The normalized spacial score (nSPS) is 23.6. The Morgan fingerprint density at radius 1 is 1.41 bits per heavy atom. The molecular weight excluding hydrogens is 372 g/mol. The Morgan fingerprint density at radius 2 is 2.21 bits per heavy atom. The van der Waals surface area contributed by atoms with E-state index in [-0.39, 0.29) is 23.9 Å². The molecule has 0 radical (unpaired) electrons. The number of carbonyl (C=O) groups is 1. The zero-order valence-electron chi connectivity index (χ0n) is 16.2. The first-order valence-electron chi connectivity index (χ1n) is 9.77. The Balaban J connectivity index is 1.88. The average molecular weight is 396 g/mol. The molecule has 1 aromatic heterocycles. The van der Waals surface area contributed by atoms with Gasteiger partial charge in [0.2, 0.25) is 0 Å². The molecule has 5 N–H and O–H groups in total. The van der Waals surface area contributed by atoms with Crippen molar-refractivity contribution in [2.24, 2.45) is 11.1 Å². The van der Waals surface area contributed by atoms with Gasteiger partial charge in [-0.15, -0.1) is 0 Å². The first kappa shape index (κ1) is 19.1. The highest BCUT2D eigenvalue weighted by atomic mass is 16.5. The number of rotatable bonds is 4. The molecule has 4 rings (SSSR count). The molecule has 152 valence electrons. The van der Waals surface area contributed by atoms with Gasteiger partial charge in [-0.25, -0.2) is 4.79 Å². The van der Waals surface area contributed by atoms with Gasteiger partial charge in [-0.1, -0.05) is 17.3 Å². The zero-order chi connectivity index (χ0) is 20.4. The number of nitrogens with one attached hydrogen (secondary N) is 4. The van der Waals surface area contributed by atoms with Crippen molar-refractivity contribution < 1.29 is 14.7 Å². The molecule has 1 aromatic rings. The summed E-state index contributed by atoms with van der Waals surface area (Å²) in [5.74, 6) is -0.149. The molecule has 3 aliphatic rings. The molecule has 9 heteroatoms. The first-order chi connectivity index (χ1) is 14.2. The van der Waals surface area contributed by atoms with Crippen molar-refractivity contribution in [3.8, 4) is 0 Å². The lowest BCUT2D eigenvalue weighted by atomic mass is 9.75. The van der Waals surface area contributed by atoms with Gasteiger partial charge in [0.05, 0.1) is 23.8 Å². The van der Waals surface area contributed by atoms with Gasteiger partial charge in [0.1, 0.15) is 5.71 Å². The third kappa shape index (κ3) is 3.38. The number of H-pyrrole nitrogens is 1. The van der Waals surface area contributed by atoms with Gasteiger partial charge in [0.15, 0.2) is 5.82 Å². The quantitative estimate of drug-likeness (QED) is 0.229. The third-order valence-electron chi connectivity index (χ3n) is 5.55. The van der Waals surface area contributed by atoms with E-state index in [1.165, 1.54) is 0 Å². The Morgan fingerprint density at radius 3 is 2.93 bits per heavy atom. The number of fused-ring (bicyclic) bond motifs is 1. The SMILES string of the molecule is CCOC(=O)C1=C(C2CCNCC2)Nc2n[nH]cc2C1C1=CC=C/C(=N/O)C1=N. The molecule has 1 fully saturated rings. The summed E-state index contributed by atoms with van der Waals surface area (Å²) in [5.41, 5.74) is 2.85. The second kappa shape index (κ2) is 8.04. The predicted molar refractivity (Wildman–Crippen MR) is 108 cm³/mol. The van der Waals surface area contributed by atoms with Gasteiger partial charge < -0.3 is 20.6 Å². The molecule has 1 aliphatic carbocycles. The van der Waals surface area contributed by atoms with Crippen molar-refractivity contribution in [1.29, 1.82) is 5.41 Å². The Kier molecular flexibility index (Phi) is 5.30. The van der Waals surface area contributed by atoms with Crippen molar-refractivity contribution in [3.05, 3.63) is 46.8 Å². The molecule has 0 bridgehead atoms. The Labute approximate surface area is 168 Å². The summed E-state index contributed by atoms with van der Waals surface area (Å²) >= 11 is 0. The fourth-order valence-corrected chi connectivity index (χ4v) is 4.20. The van der Waals surface area contributed by atoms with Crippen LogP contribution in [0.1, 0.15) is 31.2 Å². The minimum Gasteiger partial charge on any atom is -0.463 e. The van der Waals surface area contributed by atoms with Crippen LogP contribution >= 0.6 is 0 Å². The van der Waals surface area contributed by atoms with Crippen LogP contribution in [0.3, 0.4) is 0 Å². The molecule has 0 amide bonds. The van der Waals surface area contributed by atoms with E-state index in [4.69, 9.17) is 10.1 Å². The molecule has 9 nitrogen and oxygen atoms in total. The van der Waals surface area contributed by atoms with Crippen molar-refractivity contribution >= 4 is 23.2 Å². The number of aromatic amines is 1. The minimum absolute atomic E-state index is 0.0699. The predicted octanol–water partition coefficient (Wildman–Crippen LogP) is 2.08. The van der Waals surface area contributed by atoms with Crippen LogP contribution in [0, 0.1) is 11.3 Å². The van der Waals surface area contributed by atoms with E-state index in [2.05, 4.69) is 26.0 Å². The number of carbonyl (C=O) groups excluding carboxylic acids is 1. The van der Waals surface area contributed by atoms with Crippen LogP contribution in [-0.4, -0.2) is 52.5 Å². The molecule has 2 aliphatic heterocycles. The number of oxime groups is 1. The molecule has 1 saturated heterocycles. The molecule has 29 heavy (non-hydrogen) atoms. The lowest BCUT2D eigenvalue weighted by molar-refractivity contribution is -0.138. The van der Waals surface area contributed by atoms with Gasteiger partial charge in [-0.05, 0) is 44.5 Å². The van der Waals surface area contributed by atoms with E-state index in [9.17, 15) is 10.0 Å². The summed E-state index contributed by atoms with van der Waals surface area (Å²) in [6, 6.07) is 0. The van der Waals surface area contributed by atoms with Crippen molar-refractivity contribution in [2.45, 2.75) is 25.7 Å². The molecule has 0 saturated carbocycles. The van der Waals surface area contributed by atoms with E-state index in [0.29, 0.717) is 17.0 Å². The molecule has 1 atom stereocenters. The monoisotopic (exact) mass is 396 g/mol. The number of aromatic nitrogens is 2. The first-order valence-corrected chi connectivity index (χ1v) is 9.77. The van der Waals surface area contributed by atoms with E-state index < -0.39 is 11.9 Å². The molecule has 0 spiro atoms. The number of nitrogens with zero attached hydrogens (tertiary/aromatic N) is 2. The van der Waals surface area contributed by atoms with Crippen LogP contribution in [-0.2, 0) is 9.53 Å². The second-order valence-electron chi connectivity index (χ2n) is 7.16. The number of piperidine rings is 1. The smallest absolute Gasteiger partial charge is 0.336 e. The van der Waals surface area contributed by atoms with Gasteiger partial charge in [0, 0.05) is 23.4 Å². The third-order valence-corrected chi connectivity index (χ3v) is 5.55. The fraction of sp³-hybridized carbons (Fsp3) is 0.400. The second-order valence-corrected chi connectivity index (χ2v) is 7.16. The fourth-order valence-electron chi connectivity index (χ4n) is 4.20. The van der Waals surface area contributed by atoms with Crippen LogP contribution in [0.4, 0.5) is 5.82 Å². The number of ether oxygens (including phenoxy) is 1. The largest absolute Gasteiger partial charge is 0.463 e. The molecule has 1 unspecified atom stereocenters. The molecular formula is C20H24N6O3. The number of anilines is 1. The van der Waals surface area contributed by atoms with Crippen LogP contribution in [0.2, 0.25) is 0 Å². The number of hydrogen-bond donors (Lipinski definition) is 5. The van der Waals surface area contributed by atoms with E-state index in [1.54, 1.807) is 31.3 Å². The highest BCUT2D eigenvalue weighted by molar-refractivity contribution is 6.52. The minimum atomic E-state index is -0.539. The lowest BCUT2D eigenvalue weighted by Crippen LogP contribution is -2.35. The summed E-state index contributed by atoms with van der Waals surface area (Å²) in [7, 11) is 0. The molecule has 3 heterocycles. The maximum atomic E-state index is 13.1. The topological polar surface area (TPSA) is 135 Å². The zero-order valence-corrected chi connectivity index (χ0v) is 16.2. The van der Waals surface area contributed by atoms with Crippen LogP contribution < -0.4 is 10.6 Å². The lowest BCUT2D eigenvalue weighted by Gasteiger charge is -2.35. The summed E-state index contributed by atoms with van der Waals surface area (Å²) in [4.78, 5) is 13.1. The Hall–Kier alpha value is -3.20. The summed E-state index contributed by atoms with van der Waals surface area (Å²) in [5, 5.41) is 34.9. The standard InChI is InChI=1S/C20H24N6O3/c1-2-29-20(27)16-15(12-4-3-5-14(26-28)17(12)21)13-10-23-25-19(13)24-18(16)11-6-8-22-9-7-11/h3-5,10-11,15,21-22,28H,2,6-9H2,1H3,(H2,23,24,25)/b21-17?,26-14-. The highest BCUT2D eigenvalue weighted by Gasteiger charge is 2.41. The maximum absolute atomic E-state index is 13.1. The van der Waals surface area contributed by atoms with Crippen molar-refractivity contribution in [3.63, 3.8) is 0 Å². The maximum Gasteiger partial charge on any atom is 0.336 e. The van der Waals surface area contributed by atoms with Crippen LogP contribution in [0.5, 0.6) is 0 Å². The summed E-state index contributed by atoms with van der Waals surface area (Å²) in [6.45, 7) is 3.77. The summed E-state index contributed by atoms with van der Waals surface area (Å²) in [6.07, 6.45) is 8.56. The van der Waals surface area contributed by atoms with Gasteiger partial charge in [0.25, 0.3) is 0 Å². The Bertz CT molecular complexity index is 949. The summed E-state index contributed by atoms with van der Waals surface area (Å²) < 4.78 is 5.43. The number of hydrogen-bond acceptors (Lipinski definition) is 8. The number of allylic oxidation sites excluding steroid dienone is 5. The van der Waals surface area contributed by atoms with Gasteiger partial charge >= 0.3 is 5.97 Å². The molecule has 0 aromatic carbocycles.